The lowest BCUT2D eigenvalue weighted by Crippen LogP contribution is -2.43. The first-order valence-corrected chi connectivity index (χ1v) is 10.9. The van der Waals surface area contributed by atoms with E-state index in [1.54, 1.807) is 18.4 Å². The normalized spacial score (nSPS) is 18.7. The highest BCUT2D eigenvalue weighted by atomic mass is 32.1. The van der Waals surface area contributed by atoms with Crippen LogP contribution in [-0.2, 0) is 6.42 Å². The summed E-state index contributed by atoms with van der Waals surface area (Å²) in [5.41, 5.74) is 4.00. The average Bonchev–Trinajstić information content (AvgIpc) is 3.38. The van der Waals surface area contributed by atoms with Crippen LogP contribution in [0.4, 0.5) is 5.13 Å². The van der Waals surface area contributed by atoms with Gasteiger partial charge in [0.2, 0.25) is 0 Å². The molecule has 1 aliphatic heterocycles. The lowest BCUT2D eigenvalue weighted by atomic mass is 10.1. The van der Waals surface area contributed by atoms with Crippen molar-refractivity contribution in [1.29, 1.82) is 0 Å². The Balaban J connectivity index is 1.37. The van der Waals surface area contributed by atoms with E-state index in [9.17, 15) is 4.79 Å². The van der Waals surface area contributed by atoms with Gasteiger partial charge in [-0.05, 0) is 42.7 Å². The van der Waals surface area contributed by atoms with Gasteiger partial charge in [0.25, 0.3) is 5.91 Å². The van der Waals surface area contributed by atoms with E-state index < -0.39 is 0 Å². The maximum absolute atomic E-state index is 13.0. The zero-order valence-corrected chi connectivity index (χ0v) is 17.2. The summed E-state index contributed by atoms with van der Waals surface area (Å²) in [6, 6.07) is 11.9. The number of aryl methyl sites for hydroxylation is 1. The fourth-order valence-electron chi connectivity index (χ4n) is 4.26. The summed E-state index contributed by atoms with van der Waals surface area (Å²) in [5.74, 6) is 0.802. The van der Waals surface area contributed by atoms with Gasteiger partial charge >= 0.3 is 0 Å². The summed E-state index contributed by atoms with van der Waals surface area (Å²) in [5, 5.41) is 7.61. The number of nitrogens with one attached hydrogen (secondary N) is 2. The molecule has 2 aromatic carbocycles. The standard InChI is InChI=1S/C22H24N4O2S/c1-28-18-4-2-3-14-5-8-17(20(14)18)24-21(27)15-6-7-16-19(13-15)29-22(25-16)26-11-9-23-10-12-26/h2-4,6-7,13,17,23H,5,8-12H2,1H3,(H,24,27). The van der Waals surface area contributed by atoms with Crippen LogP contribution in [-0.4, -0.2) is 44.2 Å². The highest BCUT2D eigenvalue weighted by Crippen LogP contribution is 2.38. The van der Waals surface area contributed by atoms with Gasteiger partial charge in [0.05, 0.1) is 23.4 Å². The summed E-state index contributed by atoms with van der Waals surface area (Å²) in [6.07, 6.45) is 1.86. The number of carbonyl (C=O) groups is 1. The van der Waals surface area contributed by atoms with E-state index in [0.29, 0.717) is 5.56 Å². The second-order valence-corrected chi connectivity index (χ2v) is 8.52. The summed E-state index contributed by atoms with van der Waals surface area (Å²) in [7, 11) is 1.68. The molecule has 5 rings (SSSR count). The van der Waals surface area contributed by atoms with Crippen molar-refractivity contribution in [2.45, 2.75) is 18.9 Å². The summed E-state index contributed by atoms with van der Waals surface area (Å²) in [6.45, 7) is 3.90. The molecule has 1 aliphatic carbocycles. The molecule has 6 nitrogen and oxygen atoms in total. The minimum absolute atomic E-state index is 0.0118. The van der Waals surface area contributed by atoms with Gasteiger partial charge in [-0.2, -0.15) is 0 Å². The fourth-order valence-corrected chi connectivity index (χ4v) is 5.31. The Kier molecular flexibility index (Phi) is 4.85. The van der Waals surface area contributed by atoms with E-state index in [1.807, 2.05) is 30.3 Å². The Bertz CT molecular complexity index is 1060. The van der Waals surface area contributed by atoms with E-state index in [4.69, 9.17) is 9.72 Å². The van der Waals surface area contributed by atoms with Crippen LogP contribution >= 0.6 is 11.3 Å². The SMILES string of the molecule is COc1cccc2c1C(NC(=O)c1ccc3nc(N4CCNCC4)sc3c1)CC2. The van der Waals surface area contributed by atoms with Crippen molar-refractivity contribution in [1.82, 2.24) is 15.6 Å². The van der Waals surface area contributed by atoms with E-state index in [1.165, 1.54) is 5.56 Å². The Morgan fingerprint density at radius 2 is 2.14 bits per heavy atom. The van der Waals surface area contributed by atoms with Crippen LogP contribution in [0.25, 0.3) is 10.2 Å². The topological polar surface area (TPSA) is 66.5 Å². The zero-order valence-electron chi connectivity index (χ0n) is 16.4. The molecule has 2 heterocycles. The van der Waals surface area contributed by atoms with Gasteiger partial charge in [-0.3, -0.25) is 4.79 Å². The average molecular weight is 409 g/mol. The Hall–Kier alpha value is -2.64. The van der Waals surface area contributed by atoms with Gasteiger partial charge in [0, 0.05) is 37.3 Å². The van der Waals surface area contributed by atoms with Crippen LogP contribution in [0, 0.1) is 0 Å². The van der Waals surface area contributed by atoms with E-state index in [2.05, 4.69) is 21.6 Å². The minimum Gasteiger partial charge on any atom is -0.496 e. The van der Waals surface area contributed by atoms with Gasteiger partial charge in [-0.15, -0.1) is 0 Å². The number of hydrogen-bond acceptors (Lipinski definition) is 6. The highest BCUT2D eigenvalue weighted by molar-refractivity contribution is 7.22. The predicted molar refractivity (Wildman–Crippen MR) is 116 cm³/mol. The number of carbonyl (C=O) groups excluding carboxylic acids is 1. The number of rotatable bonds is 4. The number of ether oxygens (including phenoxy) is 1. The zero-order chi connectivity index (χ0) is 19.8. The smallest absolute Gasteiger partial charge is 0.251 e. The molecule has 1 amide bonds. The molecule has 1 fully saturated rings. The molecule has 0 radical (unpaired) electrons. The van der Waals surface area contributed by atoms with E-state index in [-0.39, 0.29) is 11.9 Å². The molecular formula is C22H24N4O2S. The lowest BCUT2D eigenvalue weighted by Gasteiger charge is -2.26. The number of hydrogen-bond donors (Lipinski definition) is 2. The van der Waals surface area contributed by atoms with Gasteiger partial charge in [0.15, 0.2) is 5.13 Å². The number of methoxy groups -OCH3 is 1. The second kappa shape index (κ2) is 7.65. The Morgan fingerprint density at radius 3 is 2.97 bits per heavy atom. The van der Waals surface area contributed by atoms with Crippen LogP contribution in [0.3, 0.4) is 0 Å². The maximum atomic E-state index is 13.0. The quantitative estimate of drug-likeness (QED) is 0.694. The van der Waals surface area contributed by atoms with E-state index in [0.717, 1.165) is 65.7 Å². The van der Waals surface area contributed by atoms with Crippen molar-refractivity contribution in [3.63, 3.8) is 0 Å². The van der Waals surface area contributed by atoms with Crippen molar-refractivity contribution in [3.8, 4) is 5.75 Å². The largest absolute Gasteiger partial charge is 0.496 e. The third-order valence-electron chi connectivity index (χ3n) is 5.76. The monoisotopic (exact) mass is 408 g/mol. The summed E-state index contributed by atoms with van der Waals surface area (Å²) in [4.78, 5) is 20.0. The number of anilines is 1. The molecule has 1 atom stereocenters. The number of aromatic nitrogens is 1. The number of fused-ring (bicyclic) bond motifs is 2. The second-order valence-electron chi connectivity index (χ2n) is 7.51. The van der Waals surface area contributed by atoms with Crippen molar-refractivity contribution in [2.24, 2.45) is 0 Å². The third kappa shape index (κ3) is 3.45. The Morgan fingerprint density at radius 1 is 1.28 bits per heavy atom. The third-order valence-corrected chi connectivity index (χ3v) is 6.84. The number of benzene rings is 2. The van der Waals surface area contributed by atoms with E-state index >= 15 is 0 Å². The molecule has 1 unspecified atom stereocenters. The number of amides is 1. The van der Waals surface area contributed by atoms with Crippen molar-refractivity contribution in [3.05, 3.63) is 53.1 Å². The summed E-state index contributed by atoms with van der Waals surface area (Å²) >= 11 is 1.66. The molecule has 0 saturated carbocycles. The number of piperazine rings is 1. The number of nitrogens with zero attached hydrogens (tertiary/aromatic N) is 2. The van der Waals surface area contributed by atoms with Crippen LogP contribution in [0.2, 0.25) is 0 Å². The van der Waals surface area contributed by atoms with Crippen LogP contribution < -0.4 is 20.3 Å². The van der Waals surface area contributed by atoms with Crippen LogP contribution in [0.1, 0.15) is 33.9 Å². The Labute approximate surface area is 173 Å². The molecule has 2 aliphatic rings. The first-order valence-electron chi connectivity index (χ1n) is 10.1. The minimum atomic E-state index is -0.0484. The molecular weight excluding hydrogens is 384 g/mol. The first kappa shape index (κ1) is 18.4. The molecule has 150 valence electrons. The van der Waals surface area contributed by atoms with Crippen molar-refractivity contribution < 1.29 is 9.53 Å². The van der Waals surface area contributed by atoms with Crippen molar-refractivity contribution in [2.75, 3.05) is 38.2 Å². The van der Waals surface area contributed by atoms with Gasteiger partial charge in [-0.1, -0.05) is 23.5 Å². The van der Waals surface area contributed by atoms with Crippen LogP contribution in [0.15, 0.2) is 36.4 Å². The predicted octanol–water partition coefficient (Wildman–Crippen LogP) is 3.13. The van der Waals surface area contributed by atoms with Gasteiger partial charge in [0.1, 0.15) is 5.75 Å². The van der Waals surface area contributed by atoms with Crippen LogP contribution in [0.5, 0.6) is 5.75 Å². The molecule has 1 aromatic heterocycles. The maximum Gasteiger partial charge on any atom is 0.251 e. The van der Waals surface area contributed by atoms with Gasteiger partial charge in [-0.25, -0.2) is 4.98 Å². The lowest BCUT2D eigenvalue weighted by molar-refractivity contribution is 0.0936. The molecule has 29 heavy (non-hydrogen) atoms. The van der Waals surface area contributed by atoms with Gasteiger partial charge < -0.3 is 20.3 Å². The molecule has 3 aromatic rings. The highest BCUT2D eigenvalue weighted by Gasteiger charge is 2.27. The molecule has 7 heteroatoms. The molecule has 1 saturated heterocycles. The van der Waals surface area contributed by atoms with Crippen molar-refractivity contribution >= 4 is 32.6 Å². The fraction of sp³-hybridized carbons (Fsp3) is 0.364. The molecule has 0 bridgehead atoms. The molecule has 2 N–H and O–H groups in total. The summed E-state index contributed by atoms with van der Waals surface area (Å²) < 4.78 is 6.58. The first-order chi connectivity index (χ1) is 14.2. The molecule has 0 spiro atoms. The number of thiazole rings is 1.